The highest BCUT2D eigenvalue weighted by molar-refractivity contribution is 5.28. The van der Waals surface area contributed by atoms with Crippen molar-refractivity contribution in [3.05, 3.63) is 17.5 Å². The summed E-state index contributed by atoms with van der Waals surface area (Å²) in [6.45, 7) is 4.61. The van der Waals surface area contributed by atoms with Gasteiger partial charge in [0.1, 0.15) is 11.8 Å². The Bertz CT molecular complexity index is 267. The van der Waals surface area contributed by atoms with Crippen LogP contribution >= 0.6 is 0 Å². The summed E-state index contributed by atoms with van der Waals surface area (Å²) in [6, 6.07) is 2.10. The molecule has 1 aromatic heterocycles. The van der Waals surface area contributed by atoms with Crippen molar-refractivity contribution >= 4 is 0 Å². The third kappa shape index (κ3) is 0.883. The van der Waals surface area contributed by atoms with Gasteiger partial charge in [-0.2, -0.15) is 10.4 Å². The van der Waals surface area contributed by atoms with Gasteiger partial charge in [-0.05, 0) is 13.8 Å². The fourth-order valence-electron chi connectivity index (χ4n) is 0.864. The van der Waals surface area contributed by atoms with Gasteiger partial charge in [-0.25, -0.2) is 0 Å². The number of nitrogens with zero attached hydrogens (tertiary/aromatic N) is 3. The molecule has 0 aliphatic heterocycles. The van der Waals surface area contributed by atoms with Gasteiger partial charge in [-0.1, -0.05) is 0 Å². The molecule has 0 aliphatic rings. The number of nitriles is 1. The standard InChI is InChI=1S/C7H9N3/c1-3-10-7(4-8)6(2)5-9-10/h5H,3H2,1-2H3. The molecule has 0 aromatic carbocycles. The molecule has 1 heterocycles. The van der Waals surface area contributed by atoms with Gasteiger partial charge in [0, 0.05) is 12.1 Å². The van der Waals surface area contributed by atoms with E-state index in [0.29, 0.717) is 5.69 Å². The van der Waals surface area contributed by atoms with E-state index in [-0.39, 0.29) is 0 Å². The highest BCUT2D eigenvalue weighted by Crippen LogP contribution is 2.03. The maximum absolute atomic E-state index is 8.61. The van der Waals surface area contributed by atoms with Crippen molar-refractivity contribution in [3.63, 3.8) is 0 Å². The average molecular weight is 135 g/mol. The van der Waals surface area contributed by atoms with Gasteiger partial charge in [-0.3, -0.25) is 4.68 Å². The van der Waals surface area contributed by atoms with E-state index in [0.717, 1.165) is 12.1 Å². The molecule has 0 aliphatic carbocycles. The molecular formula is C7H9N3. The smallest absolute Gasteiger partial charge is 0.141 e. The lowest BCUT2D eigenvalue weighted by Gasteiger charge is -1.94. The Morgan fingerprint density at radius 2 is 2.50 bits per heavy atom. The minimum Gasteiger partial charge on any atom is -0.255 e. The normalized spacial score (nSPS) is 9.30. The van der Waals surface area contributed by atoms with E-state index in [2.05, 4.69) is 11.2 Å². The first-order valence-corrected chi connectivity index (χ1v) is 3.22. The predicted molar refractivity (Wildman–Crippen MR) is 37.4 cm³/mol. The largest absolute Gasteiger partial charge is 0.255 e. The molecule has 0 N–H and O–H groups in total. The molecule has 0 saturated carbocycles. The zero-order valence-electron chi connectivity index (χ0n) is 6.13. The van der Waals surface area contributed by atoms with E-state index >= 15 is 0 Å². The van der Waals surface area contributed by atoms with Crippen molar-refractivity contribution in [3.8, 4) is 6.07 Å². The minimum absolute atomic E-state index is 0.669. The van der Waals surface area contributed by atoms with Gasteiger partial charge in [0.25, 0.3) is 0 Å². The van der Waals surface area contributed by atoms with Crippen LogP contribution in [0, 0.1) is 18.3 Å². The molecule has 0 bridgehead atoms. The number of hydrogen-bond donors (Lipinski definition) is 0. The van der Waals surface area contributed by atoms with Crippen molar-refractivity contribution in [2.24, 2.45) is 0 Å². The Morgan fingerprint density at radius 1 is 1.80 bits per heavy atom. The monoisotopic (exact) mass is 135 g/mol. The van der Waals surface area contributed by atoms with Crippen LogP contribution in [0.5, 0.6) is 0 Å². The third-order valence-corrected chi connectivity index (χ3v) is 1.43. The molecule has 0 unspecified atom stereocenters. The molecule has 1 rings (SSSR count). The first kappa shape index (κ1) is 6.81. The summed E-state index contributed by atoms with van der Waals surface area (Å²) in [6.07, 6.45) is 1.71. The summed E-state index contributed by atoms with van der Waals surface area (Å²) in [5.41, 5.74) is 1.62. The highest BCUT2D eigenvalue weighted by atomic mass is 15.3. The zero-order chi connectivity index (χ0) is 7.56. The summed E-state index contributed by atoms with van der Waals surface area (Å²) in [5, 5.41) is 12.6. The molecule has 0 atom stereocenters. The van der Waals surface area contributed by atoms with Crippen LogP contribution in [0.4, 0.5) is 0 Å². The molecule has 0 radical (unpaired) electrons. The Kier molecular flexibility index (Phi) is 1.72. The van der Waals surface area contributed by atoms with Crippen LogP contribution < -0.4 is 0 Å². The molecule has 0 fully saturated rings. The lowest BCUT2D eigenvalue weighted by molar-refractivity contribution is 0.651. The quantitative estimate of drug-likeness (QED) is 0.578. The second kappa shape index (κ2) is 2.53. The van der Waals surface area contributed by atoms with Gasteiger partial charge >= 0.3 is 0 Å². The fraction of sp³-hybridized carbons (Fsp3) is 0.429. The third-order valence-electron chi connectivity index (χ3n) is 1.43. The van der Waals surface area contributed by atoms with Crippen molar-refractivity contribution in [2.45, 2.75) is 20.4 Å². The van der Waals surface area contributed by atoms with E-state index in [4.69, 9.17) is 5.26 Å². The summed E-state index contributed by atoms with van der Waals surface area (Å²) >= 11 is 0. The van der Waals surface area contributed by atoms with E-state index in [1.54, 1.807) is 10.9 Å². The summed E-state index contributed by atoms with van der Waals surface area (Å²) in [4.78, 5) is 0. The number of hydrogen-bond acceptors (Lipinski definition) is 2. The molecule has 52 valence electrons. The number of aromatic nitrogens is 2. The van der Waals surface area contributed by atoms with Crippen molar-refractivity contribution in [2.75, 3.05) is 0 Å². The first-order chi connectivity index (χ1) is 4.79. The van der Waals surface area contributed by atoms with E-state index in [1.807, 2.05) is 13.8 Å². The van der Waals surface area contributed by atoms with Crippen LogP contribution in [0.2, 0.25) is 0 Å². The van der Waals surface area contributed by atoms with E-state index in [1.165, 1.54) is 0 Å². The average Bonchev–Trinajstić information content (AvgIpc) is 2.30. The van der Waals surface area contributed by atoms with Gasteiger partial charge in [0.05, 0.1) is 6.20 Å². The van der Waals surface area contributed by atoms with E-state index < -0.39 is 0 Å². The summed E-state index contributed by atoms with van der Waals surface area (Å²) in [7, 11) is 0. The van der Waals surface area contributed by atoms with Crippen LogP contribution in [0.15, 0.2) is 6.20 Å². The van der Waals surface area contributed by atoms with Crippen LogP contribution in [-0.2, 0) is 6.54 Å². The van der Waals surface area contributed by atoms with Gasteiger partial charge < -0.3 is 0 Å². The van der Waals surface area contributed by atoms with Crippen LogP contribution in [-0.4, -0.2) is 9.78 Å². The van der Waals surface area contributed by atoms with Crippen molar-refractivity contribution < 1.29 is 0 Å². The SMILES string of the molecule is CCn1ncc(C)c1C#N. The van der Waals surface area contributed by atoms with Crippen LogP contribution in [0.3, 0.4) is 0 Å². The second-order valence-electron chi connectivity index (χ2n) is 2.10. The maximum atomic E-state index is 8.61. The van der Waals surface area contributed by atoms with Crippen molar-refractivity contribution in [1.82, 2.24) is 9.78 Å². The van der Waals surface area contributed by atoms with Gasteiger partial charge in [0.2, 0.25) is 0 Å². The Morgan fingerprint density at radius 3 is 2.90 bits per heavy atom. The highest BCUT2D eigenvalue weighted by Gasteiger charge is 2.02. The molecule has 0 amide bonds. The van der Waals surface area contributed by atoms with Crippen molar-refractivity contribution in [1.29, 1.82) is 5.26 Å². The van der Waals surface area contributed by atoms with E-state index in [9.17, 15) is 0 Å². The molecule has 10 heavy (non-hydrogen) atoms. The summed E-state index contributed by atoms with van der Waals surface area (Å²) in [5.74, 6) is 0. The number of rotatable bonds is 1. The Balaban J connectivity index is 3.17. The molecule has 3 nitrogen and oxygen atoms in total. The molecule has 0 saturated heterocycles. The topological polar surface area (TPSA) is 41.6 Å². The molecular weight excluding hydrogens is 126 g/mol. The van der Waals surface area contributed by atoms with Gasteiger partial charge in [0.15, 0.2) is 0 Å². The minimum atomic E-state index is 0.669. The first-order valence-electron chi connectivity index (χ1n) is 3.22. The molecule has 1 aromatic rings. The lowest BCUT2D eigenvalue weighted by Crippen LogP contribution is -1.99. The maximum Gasteiger partial charge on any atom is 0.141 e. The summed E-state index contributed by atoms with van der Waals surface area (Å²) < 4.78 is 1.69. The Labute approximate surface area is 59.9 Å². The van der Waals surface area contributed by atoms with Crippen LogP contribution in [0.1, 0.15) is 18.2 Å². The van der Waals surface area contributed by atoms with Crippen LogP contribution in [0.25, 0.3) is 0 Å². The molecule has 0 spiro atoms. The Hall–Kier alpha value is -1.30. The fourth-order valence-corrected chi connectivity index (χ4v) is 0.864. The molecule has 3 heteroatoms. The van der Waals surface area contributed by atoms with Gasteiger partial charge in [-0.15, -0.1) is 0 Å². The number of aryl methyl sites for hydroxylation is 2. The zero-order valence-corrected chi connectivity index (χ0v) is 6.13. The lowest BCUT2D eigenvalue weighted by atomic mass is 10.3. The second-order valence-corrected chi connectivity index (χ2v) is 2.10. The predicted octanol–water partition coefficient (Wildman–Crippen LogP) is 1.08.